The van der Waals surface area contributed by atoms with Crippen molar-refractivity contribution in [1.82, 2.24) is 38.2 Å². The molecule has 0 saturated carbocycles. The zero-order chi connectivity index (χ0) is 97.5. The van der Waals surface area contributed by atoms with Gasteiger partial charge in [-0.05, 0) is 214 Å². The molecule has 0 spiro atoms. The number of rotatable bonds is 17. The van der Waals surface area contributed by atoms with Gasteiger partial charge in [-0.3, -0.25) is 37.4 Å². The normalized spacial score (nSPS) is 11.4. The van der Waals surface area contributed by atoms with Crippen molar-refractivity contribution < 1.29 is 69.2 Å². The lowest BCUT2D eigenvalue weighted by atomic mass is 10.1. The molecule has 0 aliphatic carbocycles. The van der Waals surface area contributed by atoms with E-state index in [1.54, 1.807) is 185 Å². The number of halogens is 8. The predicted octanol–water partition coefficient (Wildman–Crippen LogP) is 21.0. The number of para-hydroxylation sites is 1. The Bertz CT molecular complexity index is 8890. The summed E-state index contributed by atoms with van der Waals surface area (Å²) in [5.74, 6) is -4.97. The third-order valence-electron chi connectivity index (χ3n) is 21.6. The first-order valence-corrected chi connectivity index (χ1v) is 45.3. The highest BCUT2D eigenvalue weighted by Crippen LogP contribution is 2.44. The number of hydrogen-bond acceptors (Lipinski definition) is 25. The van der Waals surface area contributed by atoms with Gasteiger partial charge in [0.05, 0.1) is 59.7 Å². The van der Waals surface area contributed by atoms with E-state index >= 15 is 0 Å². The molecule has 37 heteroatoms. The molecule has 25 nitrogen and oxygen atoms in total. The van der Waals surface area contributed by atoms with Crippen molar-refractivity contribution >= 4 is 158 Å². The Balaban J connectivity index is 0.000000127. The van der Waals surface area contributed by atoms with Crippen LogP contribution in [0, 0.1) is 62.6 Å². The number of fused-ring (bicyclic) bond motifs is 12. The number of methoxy groups -OCH3 is 1. The van der Waals surface area contributed by atoms with E-state index in [0.717, 1.165) is 47.4 Å². The lowest BCUT2D eigenvalue weighted by molar-refractivity contribution is 0.404. The summed E-state index contributed by atoms with van der Waals surface area (Å²) in [6, 6.07) is 59.5. The number of hydrogen-bond donors (Lipinski definition) is 4. The number of benzene rings is 8. The molecule has 692 valence electrons. The van der Waals surface area contributed by atoms with Crippen molar-refractivity contribution in [3.8, 4) is 28.7 Å². The minimum absolute atomic E-state index is 0.00433. The SMILES string of the molecule is COc1ccccc1Sc1c(O)c2c(=O)n(Cc3ccc(F)cc3)c3nc(C)ccc3c2oc1=O.Cc1ccc2c3oc(=O)c(Sc4ccc(Cl)cc4)c(O)c3c(=O)n(Cc3ccc(F)cc3)c2n1.Cc1ccc2c3oc(=O)c(Sc4ccc(F)cc4F)c(O)c3c(=O)n(Cc3ccc(F)cc3)c2n1.Cc1ccc2c3oc(=O)c(Sc4cccc(Cl)c4)c(O)c3c(=O)n(Cc3ccc(F)cc3)c2n1. The summed E-state index contributed by atoms with van der Waals surface area (Å²) in [6.45, 7) is 7.28. The topological polar surface area (TPSA) is 351 Å². The second-order valence-corrected chi connectivity index (χ2v) is 36.1. The van der Waals surface area contributed by atoms with Crippen LogP contribution in [0.4, 0.5) is 26.3 Å². The highest BCUT2D eigenvalue weighted by molar-refractivity contribution is 8.00. The second-order valence-electron chi connectivity index (χ2n) is 31.0. The average Bonchev–Trinajstić information content (AvgIpc) is 0.746. The van der Waals surface area contributed by atoms with Crippen molar-refractivity contribution in [3.05, 3.63) is 410 Å². The number of aromatic hydroxyl groups is 4. The second kappa shape index (κ2) is 39.5. The Morgan fingerprint density at radius 1 is 0.319 bits per heavy atom. The van der Waals surface area contributed by atoms with Gasteiger partial charge in [-0.25, -0.2) is 65.5 Å². The van der Waals surface area contributed by atoms with Crippen molar-refractivity contribution in [2.75, 3.05) is 7.11 Å². The van der Waals surface area contributed by atoms with Crippen molar-refractivity contribution in [2.24, 2.45) is 0 Å². The van der Waals surface area contributed by atoms with Crippen molar-refractivity contribution in [2.45, 2.75) is 93.0 Å². The molecule has 12 aromatic heterocycles. The molecule has 0 atom stereocenters. The number of pyridine rings is 8. The Hall–Kier alpha value is -15.4. The summed E-state index contributed by atoms with van der Waals surface area (Å²) < 4.78 is 114. The third kappa shape index (κ3) is 19.3. The summed E-state index contributed by atoms with van der Waals surface area (Å²) in [6.07, 6.45) is 0. The molecule has 20 aromatic rings. The largest absolute Gasteiger partial charge is 0.505 e. The molecule has 0 aliphatic rings. The molecule has 12 heterocycles. The van der Waals surface area contributed by atoms with Gasteiger partial charge in [-0.1, -0.05) is 137 Å². The lowest BCUT2D eigenvalue weighted by Gasteiger charge is -2.14. The minimum Gasteiger partial charge on any atom is -0.505 e. The molecule has 0 amide bonds. The van der Waals surface area contributed by atoms with Crippen molar-refractivity contribution in [1.29, 1.82) is 0 Å². The van der Waals surface area contributed by atoms with E-state index in [9.17, 15) is 85.1 Å². The number of aryl methyl sites for hydroxylation is 4. The first-order chi connectivity index (χ1) is 66.2. The fourth-order valence-corrected chi connectivity index (χ4v) is 18.9. The first-order valence-electron chi connectivity index (χ1n) is 41.3. The van der Waals surface area contributed by atoms with Gasteiger partial charge in [-0.15, -0.1) is 0 Å². The highest BCUT2D eigenvalue weighted by Gasteiger charge is 2.30. The zero-order valence-electron chi connectivity index (χ0n) is 72.2. The van der Waals surface area contributed by atoms with Crippen LogP contribution in [-0.2, 0) is 26.2 Å². The van der Waals surface area contributed by atoms with Gasteiger partial charge in [0.2, 0.25) is 0 Å². The molecule has 0 fully saturated rings. The predicted molar refractivity (Wildman–Crippen MR) is 515 cm³/mol. The summed E-state index contributed by atoms with van der Waals surface area (Å²) in [5, 5.41) is 46.1. The fraction of sp³-hybridized carbons (Fsp3) is 0.0891. The summed E-state index contributed by atoms with van der Waals surface area (Å²) in [7, 11) is 1.50. The van der Waals surface area contributed by atoms with Crippen molar-refractivity contribution in [3.63, 3.8) is 0 Å². The van der Waals surface area contributed by atoms with E-state index in [1.165, 1.54) is 86.0 Å². The van der Waals surface area contributed by atoms with Gasteiger partial charge in [0.25, 0.3) is 22.2 Å². The quantitative estimate of drug-likeness (QED) is 0.0486. The maximum Gasteiger partial charge on any atom is 0.354 e. The molecular formula is C101H66Cl2F6N8O17S4. The Kier molecular flexibility index (Phi) is 27.0. The average molecular weight is 1980 g/mol. The van der Waals surface area contributed by atoms with Crippen LogP contribution in [-0.4, -0.2) is 65.7 Å². The summed E-state index contributed by atoms with van der Waals surface area (Å²) in [4.78, 5) is 125. The lowest BCUT2D eigenvalue weighted by Crippen LogP contribution is -2.23. The molecule has 0 unspecified atom stereocenters. The number of ether oxygens (including phenoxy) is 1. The number of nitrogens with zero attached hydrogens (tertiary/aromatic N) is 8. The maximum atomic E-state index is 14.2. The van der Waals surface area contributed by atoms with Gasteiger partial charge >= 0.3 is 22.5 Å². The molecule has 20 rings (SSSR count). The molecule has 8 aromatic carbocycles. The Morgan fingerprint density at radius 3 is 0.942 bits per heavy atom. The van der Waals surface area contributed by atoms with Crippen LogP contribution < -0.4 is 49.5 Å². The summed E-state index contributed by atoms with van der Waals surface area (Å²) >= 11 is 15.3. The molecule has 4 N–H and O–H groups in total. The standard InChI is InChI=1S/C26H19FN2O5S.2C25H16ClFN2O4S.C25H15F3N2O4S/c1-14-7-12-17-22-20(25(31)29(24(17)28-14)13-15-8-10-16(27)11-9-15)21(30)23(26(32)34-22)35-19-6-4-3-5-18(19)33-2;1-13-2-11-18-21-19(20(30)22(25(32)33-21)34-17-9-5-15(26)6-10-17)24(31)29(23(18)28-13)12-14-3-7-16(27)8-4-14;1-13-5-10-18-21-19(20(30)22(25(32)33-21)34-17-4-2-3-15(26)11-17)24(31)29(23(18)28-13)12-14-6-8-16(27)9-7-14;1-12-2-8-16-21-19(24(32)30(23(16)29-12)11-13-3-5-14(26)6-4-13)20(31)22(25(33)34-21)35-18-9-7-15(27)10-17(18)28/h3-12,30H,13H2,1-2H3;2*2-11,30H,12H2,1H3;2-10,31H,11H2,1H3. The van der Waals surface area contributed by atoms with Crippen LogP contribution in [0.1, 0.15) is 45.0 Å². The van der Waals surface area contributed by atoms with Crippen LogP contribution >= 0.6 is 70.2 Å². The van der Waals surface area contributed by atoms with E-state index < -0.39 is 108 Å². The van der Waals surface area contributed by atoms with E-state index in [2.05, 4.69) is 19.9 Å². The van der Waals surface area contributed by atoms with E-state index in [4.69, 9.17) is 45.6 Å². The molecule has 0 bridgehead atoms. The monoisotopic (exact) mass is 1970 g/mol. The maximum absolute atomic E-state index is 14.2. The van der Waals surface area contributed by atoms with Crippen LogP contribution in [0.5, 0.6) is 28.7 Å². The van der Waals surface area contributed by atoms with Gasteiger partial charge in [0.1, 0.15) is 104 Å². The Labute approximate surface area is 798 Å². The smallest absolute Gasteiger partial charge is 0.354 e. The first kappa shape index (κ1) is 94.4. The van der Waals surface area contributed by atoms with Crippen LogP contribution in [0.25, 0.3) is 88.0 Å². The zero-order valence-corrected chi connectivity index (χ0v) is 77.0. The van der Waals surface area contributed by atoms with Gasteiger partial charge in [0.15, 0.2) is 45.3 Å². The van der Waals surface area contributed by atoms with E-state index in [-0.39, 0.29) is 95.3 Å². The fourth-order valence-electron chi connectivity index (χ4n) is 15.0. The molecular weight excluding hydrogens is 1910 g/mol. The van der Waals surface area contributed by atoms with E-state index in [1.807, 2.05) is 0 Å². The number of aromatic nitrogens is 8. The van der Waals surface area contributed by atoms with Crippen LogP contribution in [0.2, 0.25) is 10.0 Å². The molecule has 0 saturated heterocycles. The highest BCUT2D eigenvalue weighted by atomic mass is 35.5. The van der Waals surface area contributed by atoms with E-state index in [0.29, 0.717) is 132 Å². The van der Waals surface area contributed by atoms with Crippen LogP contribution in [0.3, 0.4) is 0 Å². The molecule has 0 aliphatic heterocycles. The molecule has 138 heavy (non-hydrogen) atoms. The third-order valence-corrected chi connectivity index (χ3v) is 26.4. The molecule has 0 radical (unpaired) electrons. The van der Waals surface area contributed by atoms with Crippen LogP contribution in [0.15, 0.2) is 332 Å². The Morgan fingerprint density at radius 2 is 0.623 bits per heavy atom. The van der Waals surface area contributed by atoms with Gasteiger partial charge < -0.3 is 42.8 Å². The summed E-state index contributed by atoms with van der Waals surface area (Å²) in [5.41, 5.74) is 0.131. The minimum atomic E-state index is -0.999. The van der Waals surface area contributed by atoms with Gasteiger partial charge in [0, 0.05) is 53.6 Å². The van der Waals surface area contributed by atoms with Gasteiger partial charge in [-0.2, -0.15) is 0 Å².